The number of sulfonamides is 1. The van der Waals surface area contributed by atoms with Gasteiger partial charge in [-0.15, -0.1) is 0 Å². The van der Waals surface area contributed by atoms with Gasteiger partial charge >= 0.3 is 0 Å². The predicted octanol–water partition coefficient (Wildman–Crippen LogP) is 4.81. The van der Waals surface area contributed by atoms with E-state index >= 15 is 0 Å². The quantitative estimate of drug-likeness (QED) is 0.514. The van der Waals surface area contributed by atoms with Crippen molar-refractivity contribution in [1.29, 1.82) is 0 Å². The highest BCUT2D eigenvalue weighted by Gasteiger charge is 2.28. The van der Waals surface area contributed by atoms with Crippen LogP contribution in [-0.2, 0) is 16.4 Å². The van der Waals surface area contributed by atoms with E-state index in [2.05, 4.69) is 9.62 Å². The molecular weight excluding hydrogens is 464 g/mol. The molecule has 0 spiro atoms. The molecular formula is C24H25ClN2O5S. The lowest BCUT2D eigenvalue weighted by molar-refractivity contribution is 0.164. The monoisotopic (exact) mass is 488 g/mol. The average molecular weight is 489 g/mol. The first-order valence-corrected chi connectivity index (χ1v) is 12.2. The molecule has 0 amide bonds. The van der Waals surface area contributed by atoms with E-state index < -0.39 is 10.0 Å². The van der Waals surface area contributed by atoms with Crippen molar-refractivity contribution in [2.24, 2.45) is 0 Å². The third-order valence-corrected chi connectivity index (χ3v) is 7.13. The molecule has 1 aliphatic heterocycles. The molecule has 1 heterocycles. The van der Waals surface area contributed by atoms with Gasteiger partial charge in [-0.25, -0.2) is 8.42 Å². The number of benzene rings is 3. The van der Waals surface area contributed by atoms with Crippen LogP contribution in [0.4, 0.5) is 5.69 Å². The van der Waals surface area contributed by atoms with Gasteiger partial charge in [-0.1, -0.05) is 29.8 Å². The molecule has 0 aromatic heterocycles. The molecule has 174 valence electrons. The van der Waals surface area contributed by atoms with Gasteiger partial charge in [0.15, 0.2) is 0 Å². The number of hydrogen-bond donors (Lipinski definition) is 1. The van der Waals surface area contributed by atoms with Crippen LogP contribution in [0.2, 0.25) is 5.02 Å². The highest BCUT2D eigenvalue weighted by molar-refractivity contribution is 7.92. The molecule has 33 heavy (non-hydrogen) atoms. The lowest BCUT2D eigenvalue weighted by Gasteiger charge is -2.32. The van der Waals surface area contributed by atoms with Crippen molar-refractivity contribution >= 4 is 27.3 Å². The van der Waals surface area contributed by atoms with Crippen LogP contribution in [0.15, 0.2) is 65.6 Å². The Labute approximate surface area is 198 Å². The third kappa shape index (κ3) is 5.03. The molecule has 0 saturated heterocycles. The maximum Gasteiger partial charge on any atom is 0.262 e. The number of halogens is 1. The van der Waals surface area contributed by atoms with Gasteiger partial charge in [-0.2, -0.15) is 0 Å². The summed E-state index contributed by atoms with van der Waals surface area (Å²) in [6.07, 6.45) is 0.683. The van der Waals surface area contributed by atoms with Crippen molar-refractivity contribution in [3.8, 4) is 23.0 Å². The molecule has 0 saturated carbocycles. The van der Waals surface area contributed by atoms with Gasteiger partial charge in [-0.3, -0.25) is 4.72 Å². The van der Waals surface area contributed by atoms with Crippen LogP contribution < -0.4 is 18.9 Å². The van der Waals surface area contributed by atoms with Gasteiger partial charge in [-0.05, 0) is 56.9 Å². The van der Waals surface area contributed by atoms with Crippen LogP contribution >= 0.6 is 11.6 Å². The van der Waals surface area contributed by atoms with Crippen molar-refractivity contribution in [3.63, 3.8) is 0 Å². The molecule has 0 radical (unpaired) electrons. The first-order chi connectivity index (χ1) is 15.8. The number of nitrogens with one attached hydrogen (secondary N) is 1. The first kappa shape index (κ1) is 23.2. The zero-order valence-electron chi connectivity index (χ0n) is 18.5. The third-order valence-electron chi connectivity index (χ3n) is 5.45. The SMILES string of the molecule is COc1ccc(NS(=O)(=O)c2cccc(Oc3ccccc3Cl)c2)c2c1C[C@@H](N(C)C)CO2. The van der Waals surface area contributed by atoms with Crippen LogP contribution in [0.5, 0.6) is 23.0 Å². The predicted molar refractivity (Wildman–Crippen MR) is 128 cm³/mol. The van der Waals surface area contributed by atoms with Gasteiger partial charge < -0.3 is 19.1 Å². The van der Waals surface area contributed by atoms with Crippen molar-refractivity contribution in [1.82, 2.24) is 4.90 Å². The Balaban J connectivity index is 1.62. The van der Waals surface area contributed by atoms with E-state index in [1.54, 1.807) is 55.6 Å². The smallest absolute Gasteiger partial charge is 0.262 e. The Hall–Kier alpha value is -2.94. The number of para-hydroxylation sites is 1. The fraction of sp³-hybridized carbons (Fsp3) is 0.250. The minimum absolute atomic E-state index is 0.0543. The molecule has 0 unspecified atom stereocenters. The molecule has 1 atom stereocenters. The zero-order valence-corrected chi connectivity index (χ0v) is 20.1. The van der Waals surface area contributed by atoms with Crippen molar-refractivity contribution in [2.45, 2.75) is 17.4 Å². The maximum atomic E-state index is 13.2. The summed E-state index contributed by atoms with van der Waals surface area (Å²) in [5.74, 6) is 1.94. The molecule has 7 nitrogen and oxygen atoms in total. The van der Waals surface area contributed by atoms with Crippen LogP contribution in [-0.4, -0.2) is 47.2 Å². The van der Waals surface area contributed by atoms with Crippen molar-refractivity contribution in [2.75, 3.05) is 32.5 Å². The second kappa shape index (κ2) is 9.51. The van der Waals surface area contributed by atoms with Crippen LogP contribution in [0.1, 0.15) is 5.56 Å². The molecule has 0 fully saturated rings. The highest BCUT2D eigenvalue weighted by Crippen LogP contribution is 2.41. The van der Waals surface area contributed by atoms with E-state index in [-0.39, 0.29) is 10.9 Å². The first-order valence-electron chi connectivity index (χ1n) is 10.3. The van der Waals surface area contributed by atoms with Gasteiger partial charge in [0.1, 0.15) is 29.6 Å². The zero-order chi connectivity index (χ0) is 23.6. The van der Waals surface area contributed by atoms with Gasteiger partial charge in [0, 0.05) is 17.7 Å². The second-order valence-electron chi connectivity index (χ2n) is 7.87. The summed E-state index contributed by atoms with van der Waals surface area (Å²) in [5.41, 5.74) is 1.19. The number of fused-ring (bicyclic) bond motifs is 1. The van der Waals surface area contributed by atoms with Gasteiger partial charge in [0.25, 0.3) is 10.0 Å². The fourth-order valence-corrected chi connectivity index (χ4v) is 4.88. The Morgan fingerprint density at radius 1 is 1.06 bits per heavy atom. The number of anilines is 1. The minimum Gasteiger partial charge on any atom is -0.496 e. The Morgan fingerprint density at radius 3 is 2.58 bits per heavy atom. The van der Waals surface area contributed by atoms with Gasteiger partial charge in [0.2, 0.25) is 0 Å². The molecule has 4 rings (SSSR count). The topological polar surface area (TPSA) is 77.1 Å². The normalized spacial score (nSPS) is 15.5. The number of hydrogen-bond acceptors (Lipinski definition) is 6. The fourth-order valence-electron chi connectivity index (χ4n) is 3.61. The molecule has 3 aromatic rings. The largest absolute Gasteiger partial charge is 0.496 e. The number of rotatable bonds is 7. The molecule has 1 aliphatic rings. The lowest BCUT2D eigenvalue weighted by Crippen LogP contribution is -2.38. The van der Waals surface area contributed by atoms with E-state index in [4.69, 9.17) is 25.8 Å². The molecule has 3 aromatic carbocycles. The Kier molecular flexibility index (Phi) is 6.69. The second-order valence-corrected chi connectivity index (χ2v) is 9.96. The van der Waals surface area contributed by atoms with E-state index in [0.29, 0.717) is 46.7 Å². The standard InChI is InChI=1S/C24H25ClN2O5S/c1-27(2)16-13-19-22(30-3)12-11-21(24(19)31-15-16)26-33(28,29)18-8-6-7-17(14-18)32-23-10-5-4-9-20(23)25/h4-12,14,16,26H,13,15H2,1-3H3/t16-/m1/s1. The molecule has 0 aliphatic carbocycles. The minimum atomic E-state index is -3.92. The summed E-state index contributed by atoms with van der Waals surface area (Å²) in [4.78, 5) is 2.13. The van der Waals surface area contributed by atoms with E-state index in [1.807, 2.05) is 14.1 Å². The lowest BCUT2D eigenvalue weighted by atomic mass is 10.00. The molecule has 9 heteroatoms. The van der Waals surface area contributed by atoms with E-state index in [0.717, 1.165) is 5.56 Å². The number of methoxy groups -OCH3 is 1. The summed E-state index contributed by atoms with van der Waals surface area (Å²) in [6.45, 7) is 0.447. The van der Waals surface area contributed by atoms with Crippen LogP contribution in [0.3, 0.4) is 0 Å². The van der Waals surface area contributed by atoms with E-state index in [9.17, 15) is 8.42 Å². The maximum absolute atomic E-state index is 13.2. The molecule has 0 bridgehead atoms. The Morgan fingerprint density at radius 2 is 1.85 bits per heavy atom. The summed E-state index contributed by atoms with van der Waals surface area (Å²) in [6, 6.07) is 16.8. The summed E-state index contributed by atoms with van der Waals surface area (Å²) in [5, 5.41) is 0.432. The number of nitrogens with zero attached hydrogens (tertiary/aromatic N) is 1. The number of ether oxygens (including phenoxy) is 3. The number of likely N-dealkylation sites (N-methyl/N-ethyl adjacent to an activating group) is 1. The van der Waals surface area contributed by atoms with Crippen molar-refractivity contribution in [3.05, 3.63) is 71.2 Å². The van der Waals surface area contributed by atoms with Gasteiger partial charge in [0.05, 0.1) is 22.7 Å². The van der Waals surface area contributed by atoms with Crippen LogP contribution in [0, 0.1) is 0 Å². The summed E-state index contributed by atoms with van der Waals surface area (Å²) >= 11 is 6.15. The Bertz CT molecular complexity index is 1260. The van der Waals surface area contributed by atoms with E-state index in [1.165, 1.54) is 12.1 Å². The average Bonchev–Trinajstić information content (AvgIpc) is 2.80. The summed E-state index contributed by atoms with van der Waals surface area (Å²) < 4.78 is 46.3. The molecule has 1 N–H and O–H groups in total. The van der Waals surface area contributed by atoms with Crippen LogP contribution in [0.25, 0.3) is 0 Å². The summed E-state index contributed by atoms with van der Waals surface area (Å²) in [7, 11) is 1.63. The highest BCUT2D eigenvalue weighted by atomic mass is 35.5. The van der Waals surface area contributed by atoms with Crippen molar-refractivity contribution < 1.29 is 22.6 Å².